The average molecular weight is 334 g/mol. The van der Waals surface area contributed by atoms with Crippen molar-refractivity contribution in [2.24, 2.45) is 0 Å². The molecule has 0 radical (unpaired) electrons. The number of halogens is 2. The second kappa shape index (κ2) is 5.66. The molecule has 2 rings (SSSR count). The quantitative estimate of drug-likeness (QED) is 0.659. The van der Waals surface area contributed by atoms with E-state index in [-0.39, 0.29) is 31.4 Å². The number of thiophene rings is 1. The Balaban J connectivity index is 2.33. The summed E-state index contributed by atoms with van der Waals surface area (Å²) < 4.78 is 5.37. The molecule has 104 valence electrons. The van der Waals surface area contributed by atoms with Crippen LogP contribution in [0.4, 0.5) is 5.69 Å². The molecule has 9 heteroatoms. The minimum absolute atomic E-state index is 0.0329. The van der Waals surface area contributed by atoms with E-state index in [1.54, 1.807) is 0 Å². The predicted octanol–water partition coefficient (Wildman–Crippen LogP) is 4.45. The van der Waals surface area contributed by atoms with Crippen molar-refractivity contribution in [1.29, 1.82) is 0 Å². The third-order valence-corrected chi connectivity index (χ3v) is 3.70. The van der Waals surface area contributed by atoms with E-state index in [1.165, 1.54) is 12.1 Å². The number of carbonyl (C=O) groups is 1. The highest BCUT2D eigenvalue weighted by atomic mass is 35.5. The van der Waals surface area contributed by atoms with Crippen LogP contribution in [0.25, 0.3) is 0 Å². The maximum Gasteiger partial charge on any atom is 0.345 e. The molecule has 6 nitrogen and oxygen atoms in total. The summed E-state index contributed by atoms with van der Waals surface area (Å²) in [5, 5.41) is 19.6. The third kappa shape index (κ3) is 3.01. The van der Waals surface area contributed by atoms with Crippen molar-refractivity contribution in [3.8, 4) is 10.8 Å². The smallest absolute Gasteiger partial charge is 0.345 e. The van der Waals surface area contributed by atoms with Crippen LogP contribution in [0.1, 0.15) is 9.67 Å². The molecule has 0 aliphatic carbocycles. The minimum atomic E-state index is -1.08. The number of nitro benzene ring substituents is 1. The van der Waals surface area contributed by atoms with Crippen LogP contribution in [0, 0.1) is 10.1 Å². The van der Waals surface area contributed by atoms with Crippen molar-refractivity contribution in [2.45, 2.75) is 0 Å². The molecule has 1 heterocycles. The molecule has 2 aromatic rings. The van der Waals surface area contributed by atoms with Gasteiger partial charge in [-0.25, -0.2) is 4.79 Å². The van der Waals surface area contributed by atoms with E-state index in [0.717, 1.165) is 23.5 Å². The summed E-state index contributed by atoms with van der Waals surface area (Å²) in [6.07, 6.45) is 0. The molecule has 0 saturated carbocycles. The van der Waals surface area contributed by atoms with Gasteiger partial charge in [-0.3, -0.25) is 10.1 Å². The van der Waals surface area contributed by atoms with E-state index >= 15 is 0 Å². The number of benzene rings is 1. The van der Waals surface area contributed by atoms with E-state index in [4.69, 9.17) is 33.0 Å². The molecule has 0 spiro atoms. The van der Waals surface area contributed by atoms with Gasteiger partial charge in [-0.2, -0.15) is 0 Å². The summed E-state index contributed by atoms with van der Waals surface area (Å²) in [5.74, 6) is -1.04. The van der Waals surface area contributed by atoms with Crippen LogP contribution < -0.4 is 4.74 Å². The van der Waals surface area contributed by atoms with E-state index in [9.17, 15) is 14.9 Å². The molecule has 1 N–H and O–H groups in total. The molecule has 20 heavy (non-hydrogen) atoms. The van der Waals surface area contributed by atoms with Gasteiger partial charge >= 0.3 is 5.97 Å². The molecule has 0 fully saturated rings. The molecular formula is C11H5Cl2NO5S. The van der Waals surface area contributed by atoms with Gasteiger partial charge in [-0.05, 0) is 12.1 Å². The number of nitrogens with zero attached hydrogens (tertiary/aromatic N) is 1. The Morgan fingerprint density at radius 3 is 2.35 bits per heavy atom. The summed E-state index contributed by atoms with van der Waals surface area (Å²) in [7, 11) is 0. The number of hydrogen-bond acceptors (Lipinski definition) is 5. The van der Waals surface area contributed by atoms with Crippen molar-refractivity contribution in [2.75, 3.05) is 0 Å². The first-order valence-electron chi connectivity index (χ1n) is 5.03. The van der Waals surface area contributed by atoms with Gasteiger partial charge in [0.2, 0.25) is 0 Å². The van der Waals surface area contributed by atoms with Gasteiger partial charge in [0.05, 0.1) is 15.0 Å². The largest absolute Gasteiger partial charge is 0.477 e. The molecular weight excluding hydrogens is 329 g/mol. The van der Waals surface area contributed by atoms with E-state index < -0.39 is 10.9 Å². The van der Waals surface area contributed by atoms with Crippen molar-refractivity contribution >= 4 is 46.2 Å². The molecule has 0 atom stereocenters. The van der Waals surface area contributed by atoms with Crippen LogP contribution in [0.5, 0.6) is 10.8 Å². The van der Waals surface area contributed by atoms with E-state index in [1.807, 2.05) is 0 Å². The van der Waals surface area contributed by atoms with Crippen LogP contribution in [0.15, 0.2) is 24.3 Å². The summed E-state index contributed by atoms with van der Waals surface area (Å²) in [5.41, 5.74) is -0.259. The highest BCUT2D eigenvalue weighted by Gasteiger charge is 2.17. The van der Waals surface area contributed by atoms with Crippen LogP contribution in [-0.2, 0) is 0 Å². The van der Waals surface area contributed by atoms with Crippen LogP contribution in [-0.4, -0.2) is 16.0 Å². The summed E-state index contributed by atoms with van der Waals surface area (Å²) >= 11 is 12.6. The Bertz CT molecular complexity index is 677. The maximum absolute atomic E-state index is 10.7. The number of rotatable bonds is 4. The van der Waals surface area contributed by atoms with Crippen molar-refractivity contribution in [3.05, 3.63) is 49.3 Å². The number of non-ortho nitro benzene ring substituents is 1. The molecule has 0 aliphatic heterocycles. The highest BCUT2D eigenvalue weighted by Crippen LogP contribution is 2.41. The molecule has 1 aromatic carbocycles. The molecule has 0 bridgehead atoms. The maximum atomic E-state index is 10.7. The van der Waals surface area contributed by atoms with Gasteiger partial charge in [-0.15, -0.1) is 0 Å². The second-order valence-electron chi connectivity index (χ2n) is 3.52. The first-order valence-corrected chi connectivity index (χ1v) is 6.60. The van der Waals surface area contributed by atoms with Gasteiger partial charge < -0.3 is 9.84 Å². The zero-order valence-electron chi connectivity index (χ0n) is 9.50. The number of carboxylic acid groups (broad SMARTS) is 1. The van der Waals surface area contributed by atoms with Gasteiger partial charge in [0.15, 0.2) is 10.8 Å². The monoisotopic (exact) mass is 333 g/mol. The average Bonchev–Trinajstić information content (AvgIpc) is 2.82. The number of ether oxygens (including phenoxy) is 1. The zero-order chi connectivity index (χ0) is 14.9. The van der Waals surface area contributed by atoms with E-state index in [2.05, 4.69) is 0 Å². The molecule has 0 amide bonds. The van der Waals surface area contributed by atoms with Gasteiger partial charge in [0.1, 0.15) is 4.88 Å². The predicted molar refractivity (Wildman–Crippen MR) is 74.5 cm³/mol. The van der Waals surface area contributed by atoms with Gasteiger partial charge in [-0.1, -0.05) is 34.5 Å². The van der Waals surface area contributed by atoms with Crippen molar-refractivity contribution in [3.63, 3.8) is 0 Å². The first-order chi connectivity index (χ1) is 9.38. The normalized spacial score (nSPS) is 10.3. The topological polar surface area (TPSA) is 89.7 Å². The van der Waals surface area contributed by atoms with Crippen LogP contribution >= 0.6 is 34.5 Å². The Labute approximate surface area is 126 Å². The lowest BCUT2D eigenvalue weighted by Crippen LogP contribution is -1.91. The Hall–Kier alpha value is -1.83. The number of aromatic carboxylic acids is 1. The molecule has 0 unspecified atom stereocenters. The SMILES string of the molecule is O=C(O)c1ccc(Oc2c(Cl)cc([N+](=O)[O-])cc2Cl)s1. The molecule has 1 aromatic heterocycles. The van der Waals surface area contributed by atoms with Crippen molar-refractivity contribution in [1.82, 2.24) is 0 Å². The number of nitro groups is 1. The summed E-state index contributed by atoms with van der Waals surface area (Å²) in [4.78, 5) is 20.8. The Morgan fingerprint density at radius 1 is 1.30 bits per heavy atom. The highest BCUT2D eigenvalue weighted by molar-refractivity contribution is 7.15. The van der Waals surface area contributed by atoms with Crippen LogP contribution in [0.3, 0.4) is 0 Å². The summed E-state index contributed by atoms with van der Waals surface area (Å²) in [6.45, 7) is 0. The van der Waals surface area contributed by atoms with Gasteiger partial charge in [0.25, 0.3) is 5.69 Å². The van der Waals surface area contributed by atoms with Crippen molar-refractivity contribution < 1.29 is 19.6 Å². The second-order valence-corrected chi connectivity index (χ2v) is 5.38. The first kappa shape index (κ1) is 14.6. The lowest BCUT2D eigenvalue weighted by molar-refractivity contribution is -0.384. The zero-order valence-corrected chi connectivity index (χ0v) is 11.8. The fourth-order valence-corrected chi connectivity index (χ4v) is 2.59. The lowest BCUT2D eigenvalue weighted by atomic mass is 10.3. The number of hydrogen-bond donors (Lipinski definition) is 1. The summed E-state index contributed by atoms with van der Waals surface area (Å²) in [6, 6.07) is 5.03. The van der Waals surface area contributed by atoms with Crippen LogP contribution in [0.2, 0.25) is 10.0 Å². The minimum Gasteiger partial charge on any atom is -0.477 e. The Kier molecular flexibility index (Phi) is 4.12. The number of carboxylic acids is 1. The standard InChI is InChI=1S/C11H5Cl2NO5S/c12-6-3-5(14(17)18)4-7(13)10(6)19-9-2-1-8(20-9)11(15)16/h1-4H,(H,15,16). The Morgan fingerprint density at radius 2 is 1.90 bits per heavy atom. The molecule has 0 aliphatic rings. The van der Waals surface area contributed by atoms with E-state index in [0.29, 0.717) is 0 Å². The fraction of sp³-hybridized carbons (Fsp3) is 0. The molecule has 0 saturated heterocycles. The third-order valence-electron chi connectivity index (χ3n) is 2.19. The fourth-order valence-electron chi connectivity index (χ4n) is 1.34. The lowest BCUT2D eigenvalue weighted by Gasteiger charge is -2.07. The van der Waals surface area contributed by atoms with Gasteiger partial charge in [0, 0.05) is 12.1 Å².